The van der Waals surface area contributed by atoms with Gasteiger partial charge in [0.1, 0.15) is 18.2 Å². The van der Waals surface area contributed by atoms with Crippen molar-refractivity contribution in [3.05, 3.63) is 83.9 Å². The van der Waals surface area contributed by atoms with E-state index >= 15 is 0 Å². The second-order valence-corrected chi connectivity index (χ2v) is 4.95. The molecule has 0 aliphatic rings. The van der Waals surface area contributed by atoms with Crippen molar-refractivity contribution in [1.29, 1.82) is 0 Å². The minimum Gasteiger partial charge on any atom is -0.489 e. The van der Waals surface area contributed by atoms with E-state index in [1.54, 1.807) is 36.7 Å². The quantitative estimate of drug-likeness (QED) is 0.752. The summed E-state index contributed by atoms with van der Waals surface area (Å²) in [6.07, 6.45) is 3.38. The van der Waals surface area contributed by atoms with Crippen molar-refractivity contribution in [3.63, 3.8) is 0 Å². The summed E-state index contributed by atoms with van der Waals surface area (Å²) in [4.78, 5) is 8.20. The van der Waals surface area contributed by atoms with Gasteiger partial charge in [0, 0.05) is 24.5 Å². The third-order valence-electron chi connectivity index (χ3n) is 3.29. The standard InChI is InChI=1S/C18H16FN3O/c19-17-5-2-1-4-15(17)13-23-16-8-6-14(7-9-16)12-22-18-20-10-3-11-21-18/h1-11H,12-13H2,(H,20,21,22). The topological polar surface area (TPSA) is 47.0 Å². The molecule has 1 heterocycles. The average molecular weight is 309 g/mol. The molecule has 0 aliphatic heterocycles. The number of rotatable bonds is 6. The summed E-state index contributed by atoms with van der Waals surface area (Å²) in [6.45, 7) is 0.833. The predicted octanol–water partition coefficient (Wildman–Crippen LogP) is 3.81. The summed E-state index contributed by atoms with van der Waals surface area (Å²) >= 11 is 0. The maximum Gasteiger partial charge on any atom is 0.222 e. The van der Waals surface area contributed by atoms with E-state index in [1.165, 1.54) is 6.07 Å². The number of halogens is 1. The van der Waals surface area contributed by atoms with Gasteiger partial charge in [-0.2, -0.15) is 0 Å². The highest BCUT2D eigenvalue weighted by Crippen LogP contribution is 2.16. The predicted molar refractivity (Wildman–Crippen MR) is 86.5 cm³/mol. The molecule has 0 unspecified atom stereocenters. The molecule has 0 bridgehead atoms. The van der Waals surface area contributed by atoms with E-state index in [0.717, 1.165) is 5.56 Å². The SMILES string of the molecule is Fc1ccccc1COc1ccc(CNc2ncccn2)cc1. The molecule has 0 saturated carbocycles. The molecule has 0 amide bonds. The maximum absolute atomic E-state index is 13.5. The molecule has 0 fully saturated rings. The van der Waals surface area contributed by atoms with Crippen molar-refractivity contribution in [2.24, 2.45) is 0 Å². The van der Waals surface area contributed by atoms with Crippen LogP contribution in [0, 0.1) is 5.82 Å². The Morgan fingerprint density at radius 3 is 2.39 bits per heavy atom. The highest BCUT2D eigenvalue weighted by molar-refractivity contribution is 5.31. The third-order valence-corrected chi connectivity index (χ3v) is 3.29. The van der Waals surface area contributed by atoms with E-state index in [4.69, 9.17) is 4.74 Å². The zero-order chi connectivity index (χ0) is 15.9. The van der Waals surface area contributed by atoms with Crippen LogP contribution in [0.15, 0.2) is 67.0 Å². The molecule has 0 spiro atoms. The van der Waals surface area contributed by atoms with Crippen molar-refractivity contribution in [2.45, 2.75) is 13.2 Å². The molecule has 5 heteroatoms. The summed E-state index contributed by atoms with van der Waals surface area (Å²) in [5, 5.41) is 3.13. The first-order chi connectivity index (χ1) is 11.3. The minimum atomic E-state index is -0.254. The number of hydrogen-bond acceptors (Lipinski definition) is 4. The van der Waals surface area contributed by atoms with Crippen LogP contribution in [0.2, 0.25) is 0 Å². The molecule has 0 saturated heterocycles. The first kappa shape index (κ1) is 15.0. The van der Waals surface area contributed by atoms with E-state index in [1.807, 2.05) is 24.3 Å². The molecule has 0 radical (unpaired) electrons. The fourth-order valence-corrected chi connectivity index (χ4v) is 2.05. The molecular formula is C18H16FN3O. The molecular weight excluding hydrogens is 293 g/mol. The van der Waals surface area contributed by atoms with Gasteiger partial charge in [0.05, 0.1) is 0 Å². The normalized spacial score (nSPS) is 10.3. The molecule has 1 aromatic heterocycles. The van der Waals surface area contributed by atoms with E-state index in [-0.39, 0.29) is 12.4 Å². The van der Waals surface area contributed by atoms with Gasteiger partial charge in [0.15, 0.2) is 0 Å². The van der Waals surface area contributed by atoms with Gasteiger partial charge in [-0.25, -0.2) is 14.4 Å². The summed E-state index contributed by atoms with van der Waals surface area (Å²) < 4.78 is 19.1. The van der Waals surface area contributed by atoms with Gasteiger partial charge in [-0.15, -0.1) is 0 Å². The lowest BCUT2D eigenvalue weighted by atomic mass is 10.2. The number of nitrogens with zero attached hydrogens (tertiary/aromatic N) is 2. The first-order valence-corrected chi connectivity index (χ1v) is 7.27. The van der Waals surface area contributed by atoms with Gasteiger partial charge in [-0.1, -0.05) is 30.3 Å². The summed E-state index contributed by atoms with van der Waals surface area (Å²) in [7, 11) is 0. The van der Waals surface area contributed by atoms with Crippen molar-refractivity contribution in [2.75, 3.05) is 5.32 Å². The monoisotopic (exact) mass is 309 g/mol. The Bertz CT molecular complexity index is 748. The Kier molecular flexibility index (Phi) is 4.79. The third kappa shape index (κ3) is 4.26. The molecule has 4 nitrogen and oxygen atoms in total. The fourth-order valence-electron chi connectivity index (χ4n) is 2.05. The Balaban J connectivity index is 1.54. The Hall–Kier alpha value is -2.95. The Labute approximate surface area is 134 Å². The van der Waals surface area contributed by atoms with Gasteiger partial charge in [-0.05, 0) is 29.8 Å². The van der Waals surface area contributed by atoms with Crippen LogP contribution in [0.3, 0.4) is 0 Å². The van der Waals surface area contributed by atoms with Crippen LogP contribution in [0.4, 0.5) is 10.3 Å². The highest BCUT2D eigenvalue weighted by Gasteiger charge is 2.02. The number of aromatic nitrogens is 2. The summed E-state index contributed by atoms with van der Waals surface area (Å²) in [6, 6.07) is 16.0. The Morgan fingerprint density at radius 1 is 0.913 bits per heavy atom. The van der Waals surface area contributed by atoms with Crippen LogP contribution < -0.4 is 10.1 Å². The van der Waals surface area contributed by atoms with Crippen molar-refractivity contribution >= 4 is 5.95 Å². The van der Waals surface area contributed by atoms with Crippen LogP contribution in [0.25, 0.3) is 0 Å². The number of nitrogens with one attached hydrogen (secondary N) is 1. The molecule has 2 aromatic carbocycles. The van der Waals surface area contributed by atoms with Gasteiger partial charge in [0.25, 0.3) is 0 Å². The zero-order valence-corrected chi connectivity index (χ0v) is 12.4. The number of anilines is 1. The van der Waals surface area contributed by atoms with Crippen LogP contribution >= 0.6 is 0 Å². The highest BCUT2D eigenvalue weighted by atomic mass is 19.1. The molecule has 3 aromatic rings. The largest absolute Gasteiger partial charge is 0.489 e. The van der Waals surface area contributed by atoms with Gasteiger partial charge in [0.2, 0.25) is 5.95 Å². The van der Waals surface area contributed by atoms with Crippen molar-refractivity contribution < 1.29 is 9.13 Å². The molecule has 1 N–H and O–H groups in total. The molecule has 116 valence electrons. The van der Waals surface area contributed by atoms with Crippen molar-refractivity contribution in [1.82, 2.24) is 9.97 Å². The van der Waals surface area contributed by atoms with E-state index in [0.29, 0.717) is 23.8 Å². The van der Waals surface area contributed by atoms with Crippen LogP contribution in [0.1, 0.15) is 11.1 Å². The molecule has 3 rings (SSSR count). The number of ether oxygens (including phenoxy) is 1. The zero-order valence-electron chi connectivity index (χ0n) is 12.4. The minimum absolute atomic E-state index is 0.210. The van der Waals surface area contributed by atoms with Crippen LogP contribution in [0.5, 0.6) is 5.75 Å². The van der Waals surface area contributed by atoms with Crippen LogP contribution in [-0.4, -0.2) is 9.97 Å². The van der Waals surface area contributed by atoms with Crippen LogP contribution in [-0.2, 0) is 13.2 Å². The molecule has 23 heavy (non-hydrogen) atoms. The maximum atomic E-state index is 13.5. The average Bonchev–Trinajstić information content (AvgIpc) is 2.61. The van der Waals surface area contributed by atoms with Crippen molar-refractivity contribution in [3.8, 4) is 5.75 Å². The van der Waals surface area contributed by atoms with Gasteiger partial charge in [-0.3, -0.25) is 0 Å². The lowest BCUT2D eigenvalue weighted by molar-refractivity contribution is 0.300. The van der Waals surface area contributed by atoms with Gasteiger partial charge < -0.3 is 10.1 Å². The van der Waals surface area contributed by atoms with E-state index in [2.05, 4.69) is 15.3 Å². The second kappa shape index (κ2) is 7.35. The second-order valence-electron chi connectivity index (χ2n) is 4.95. The molecule has 0 aliphatic carbocycles. The fraction of sp³-hybridized carbons (Fsp3) is 0.111. The van der Waals surface area contributed by atoms with E-state index in [9.17, 15) is 4.39 Å². The lowest BCUT2D eigenvalue weighted by Gasteiger charge is -2.08. The number of benzene rings is 2. The Morgan fingerprint density at radius 2 is 1.65 bits per heavy atom. The summed E-state index contributed by atoms with van der Waals surface area (Å²) in [5.41, 5.74) is 1.62. The smallest absolute Gasteiger partial charge is 0.222 e. The summed E-state index contributed by atoms with van der Waals surface area (Å²) in [5.74, 6) is 1.04. The first-order valence-electron chi connectivity index (χ1n) is 7.27. The lowest BCUT2D eigenvalue weighted by Crippen LogP contribution is -2.03. The van der Waals surface area contributed by atoms with Gasteiger partial charge >= 0.3 is 0 Å². The molecule has 0 atom stereocenters. The van der Waals surface area contributed by atoms with E-state index < -0.39 is 0 Å². The number of hydrogen-bond donors (Lipinski definition) is 1.